The van der Waals surface area contributed by atoms with Gasteiger partial charge in [-0.1, -0.05) is 124 Å². The summed E-state index contributed by atoms with van der Waals surface area (Å²) in [5.74, 6) is 1.12. The van der Waals surface area contributed by atoms with Crippen LogP contribution in [0.25, 0.3) is 0 Å². The summed E-state index contributed by atoms with van der Waals surface area (Å²) < 4.78 is 20.5. The second-order valence-electron chi connectivity index (χ2n) is 19.0. The summed E-state index contributed by atoms with van der Waals surface area (Å²) >= 11 is 0. The lowest BCUT2D eigenvalue weighted by molar-refractivity contribution is -0.190. The molecule has 9 heteroatoms. The molecule has 8 nitrogen and oxygen atoms in total. The van der Waals surface area contributed by atoms with Crippen molar-refractivity contribution in [1.29, 1.82) is 0 Å². The molecule has 0 aromatic heterocycles. The number of aliphatic hydroxyl groups is 1. The molecule has 3 fully saturated rings. The van der Waals surface area contributed by atoms with Crippen LogP contribution < -0.4 is 19.5 Å². The fourth-order valence-corrected chi connectivity index (χ4v) is 16.8. The molecule has 58 heavy (non-hydrogen) atoms. The first kappa shape index (κ1) is 37.6. The molecule has 2 heterocycles. The monoisotopic (exact) mass is 794 g/mol. The Balaban J connectivity index is 1.14. The van der Waals surface area contributed by atoms with E-state index in [1.54, 1.807) is 4.90 Å². The quantitative estimate of drug-likeness (QED) is 0.149. The van der Waals surface area contributed by atoms with Crippen molar-refractivity contribution in [2.24, 2.45) is 10.8 Å². The molecule has 7 aliphatic rings. The van der Waals surface area contributed by atoms with Gasteiger partial charge in [0, 0.05) is 42.7 Å². The van der Waals surface area contributed by atoms with Crippen LogP contribution >= 0.6 is 0 Å². The van der Waals surface area contributed by atoms with Crippen molar-refractivity contribution < 1.29 is 28.6 Å². The molecule has 4 bridgehead atoms. The SMILES string of the molecule is COC(=O)C1(CN2CC[C@]34c5c6ccc(O[Si](c7ccccc7)(c7ccccc7)C(C)(C)C)c5O[C@H]3[C@@]3(O)CC[C@@]4(C=C3C(=O)N(C)Cc3ccccc3)[C@H]2C6)CC1. The summed E-state index contributed by atoms with van der Waals surface area (Å²) in [5, 5.41) is 15.3. The predicted molar refractivity (Wildman–Crippen MR) is 226 cm³/mol. The van der Waals surface area contributed by atoms with Gasteiger partial charge in [0.1, 0.15) is 17.5 Å². The van der Waals surface area contributed by atoms with Crippen LogP contribution in [-0.4, -0.2) is 80.1 Å². The molecule has 4 aromatic rings. The fourth-order valence-electron chi connectivity index (χ4n) is 12.3. The van der Waals surface area contributed by atoms with Crippen LogP contribution in [0.1, 0.15) is 69.6 Å². The van der Waals surface area contributed by atoms with Crippen LogP contribution in [0.15, 0.2) is 115 Å². The Morgan fingerprint density at radius 2 is 1.52 bits per heavy atom. The van der Waals surface area contributed by atoms with E-state index >= 15 is 0 Å². The predicted octanol–water partition coefficient (Wildman–Crippen LogP) is 6.32. The minimum atomic E-state index is -3.07. The molecule has 1 N–H and O–H groups in total. The van der Waals surface area contributed by atoms with Crippen LogP contribution in [0.2, 0.25) is 5.04 Å². The average Bonchev–Trinajstić information content (AvgIpc) is 3.92. The molecule has 300 valence electrons. The van der Waals surface area contributed by atoms with E-state index in [4.69, 9.17) is 13.9 Å². The van der Waals surface area contributed by atoms with Crippen LogP contribution in [0, 0.1) is 10.8 Å². The highest BCUT2D eigenvalue weighted by atomic mass is 28.4. The van der Waals surface area contributed by atoms with Gasteiger partial charge in [-0.15, -0.1) is 0 Å². The molecule has 2 spiro atoms. The number of amides is 1. The maximum Gasteiger partial charge on any atom is 0.320 e. The Morgan fingerprint density at radius 3 is 2.12 bits per heavy atom. The van der Waals surface area contributed by atoms with Gasteiger partial charge in [-0.2, -0.15) is 0 Å². The van der Waals surface area contributed by atoms with Crippen molar-refractivity contribution >= 4 is 30.6 Å². The van der Waals surface area contributed by atoms with Gasteiger partial charge >= 0.3 is 14.3 Å². The van der Waals surface area contributed by atoms with Crippen molar-refractivity contribution in [3.05, 3.63) is 131 Å². The molecule has 4 aromatic carbocycles. The highest BCUT2D eigenvalue weighted by Crippen LogP contribution is 2.75. The topological polar surface area (TPSA) is 88.5 Å². The third-order valence-electron chi connectivity index (χ3n) is 15.1. The minimum Gasteiger partial charge on any atom is -0.531 e. The van der Waals surface area contributed by atoms with E-state index in [1.165, 1.54) is 23.0 Å². The third kappa shape index (κ3) is 4.99. The number of hydrogen-bond acceptors (Lipinski definition) is 7. The fraction of sp³-hybridized carbons (Fsp3) is 0.429. The van der Waals surface area contributed by atoms with Crippen molar-refractivity contribution in [2.75, 3.05) is 27.2 Å². The average molecular weight is 795 g/mol. The normalized spacial score (nSPS) is 28.5. The van der Waals surface area contributed by atoms with E-state index in [1.807, 2.05) is 37.4 Å². The lowest BCUT2D eigenvalue weighted by Crippen LogP contribution is -2.78. The Hall–Kier alpha value is -4.70. The highest BCUT2D eigenvalue weighted by Gasteiger charge is 2.79. The largest absolute Gasteiger partial charge is 0.531 e. The molecular weight excluding hydrogens is 741 g/mol. The number of carbonyl (C=O) groups is 2. The maximum absolute atomic E-state index is 14.8. The molecule has 0 radical (unpaired) electrons. The lowest BCUT2D eigenvalue weighted by atomic mass is 9.38. The summed E-state index contributed by atoms with van der Waals surface area (Å²) in [6, 6.07) is 35.7. The number of benzene rings is 4. The third-order valence-corrected chi connectivity index (χ3v) is 20.1. The molecular formula is C49H54N2O6Si. The number of nitrogens with zero attached hydrogens (tertiary/aromatic N) is 2. The van der Waals surface area contributed by atoms with Crippen LogP contribution in [0.3, 0.4) is 0 Å². The second kappa shape index (κ2) is 12.9. The molecule has 1 amide bonds. The first-order chi connectivity index (χ1) is 27.8. The Bertz CT molecular complexity index is 2280. The summed E-state index contributed by atoms with van der Waals surface area (Å²) in [6.07, 6.45) is 5.76. The van der Waals surface area contributed by atoms with E-state index in [-0.39, 0.29) is 23.0 Å². The van der Waals surface area contributed by atoms with Crippen molar-refractivity contribution in [2.45, 2.75) is 94.0 Å². The Kier molecular flexibility index (Phi) is 8.35. The van der Waals surface area contributed by atoms with Crippen LogP contribution in [-0.2, 0) is 32.7 Å². The van der Waals surface area contributed by atoms with Crippen LogP contribution in [0.5, 0.6) is 11.5 Å². The molecule has 5 aliphatic carbocycles. The number of likely N-dealkylation sites (tertiary alicyclic amines) is 1. The lowest BCUT2D eigenvalue weighted by Gasteiger charge is -2.70. The number of ether oxygens (including phenoxy) is 2. The number of likely N-dealkylation sites (N-methyl/N-ethyl adjacent to an activating group) is 1. The van der Waals surface area contributed by atoms with E-state index in [9.17, 15) is 14.7 Å². The molecule has 1 saturated heterocycles. The molecule has 11 rings (SSSR count). The summed E-state index contributed by atoms with van der Waals surface area (Å²) in [5.41, 5.74) is 0.706. The highest BCUT2D eigenvalue weighted by molar-refractivity contribution is 7.00. The van der Waals surface area contributed by atoms with E-state index in [0.717, 1.165) is 49.1 Å². The van der Waals surface area contributed by atoms with Gasteiger partial charge in [-0.3, -0.25) is 14.5 Å². The second-order valence-corrected chi connectivity index (χ2v) is 23.3. The number of methoxy groups -OCH3 is 1. The smallest absolute Gasteiger partial charge is 0.320 e. The van der Waals surface area contributed by atoms with Crippen LogP contribution in [0.4, 0.5) is 0 Å². The van der Waals surface area contributed by atoms with Gasteiger partial charge in [0.15, 0.2) is 5.75 Å². The Labute approximate surface area is 342 Å². The zero-order valence-corrected chi connectivity index (χ0v) is 35.3. The molecule has 2 aliphatic heterocycles. The van der Waals surface area contributed by atoms with Crippen molar-refractivity contribution in [3.8, 4) is 11.5 Å². The maximum atomic E-state index is 14.8. The van der Waals surface area contributed by atoms with E-state index < -0.39 is 36.3 Å². The molecule has 0 unspecified atom stereocenters. The first-order valence-corrected chi connectivity index (χ1v) is 23.0. The number of rotatable bonds is 10. The summed E-state index contributed by atoms with van der Waals surface area (Å²) in [7, 11) is 0.253. The van der Waals surface area contributed by atoms with Gasteiger partial charge in [-0.25, -0.2) is 0 Å². The summed E-state index contributed by atoms with van der Waals surface area (Å²) in [6.45, 7) is 8.65. The number of fused-ring (bicyclic) bond motifs is 1. The standard InChI is InChI=1S/C49H54N2O6Si/c1-45(2,3)58(35-17-11-7-12-18-35,36-19-13-8-14-20-36)57-38-22-21-34-29-39-47-25-26-49(54,37(30-47)42(52)50(4)31-33-15-9-6-10-16-33)43-48(47,40(34)41(38)56-43)27-28-51(39)32-46(23-24-46)44(53)55-5/h6-22,30,39,43,54H,23-29,31-32H2,1-5H3/t39-,43-,47-,48+,49-/m1/s1. The number of carbonyl (C=O) groups excluding carboxylic acids is 2. The zero-order chi connectivity index (χ0) is 40.3. The zero-order valence-electron chi connectivity index (χ0n) is 34.3. The van der Waals surface area contributed by atoms with E-state index in [0.29, 0.717) is 37.3 Å². The van der Waals surface area contributed by atoms with Gasteiger partial charge in [0.05, 0.1) is 17.9 Å². The van der Waals surface area contributed by atoms with Crippen molar-refractivity contribution in [3.63, 3.8) is 0 Å². The Morgan fingerprint density at radius 1 is 0.879 bits per heavy atom. The number of esters is 1. The van der Waals surface area contributed by atoms with Gasteiger partial charge in [0.2, 0.25) is 0 Å². The number of piperidine rings is 1. The molecule has 2 saturated carbocycles. The first-order valence-electron chi connectivity index (χ1n) is 21.0. The number of hydrogen-bond donors (Lipinski definition) is 1. The van der Waals surface area contributed by atoms with Gasteiger partial charge in [-0.05, 0) is 77.7 Å². The van der Waals surface area contributed by atoms with Gasteiger partial charge in [0.25, 0.3) is 5.91 Å². The van der Waals surface area contributed by atoms with Gasteiger partial charge < -0.3 is 23.9 Å². The van der Waals surface area contributed by atoms with E-state index in [2.05, 4.69) is 105 Å². The minimum absolute atomic E-state index is 0.00320. The molecule has 5 atom stereocenters. The summed E-state index contributed by atoms with van der Waals surface area (Å²) in [4.78, 5) is 32.3. The van der Waals surface area contributed by atoms with Crippen molar-refractivity contribution in [1.82, 2.24) is 9.80 Å².